The molecule has 2 N–H and O–H groups in total. The Kier molecular flexibility index (Phi) is 2.99. The number of nitrogens with one attached hydrogen (secondary N) is 1. The third-order valence-corrected chi connectivity index (χ3v) is 2.54. The first kappa shape index (κ1) is 10.1. The van der Waals surface area contributed by atoms with Crippen LogP contribution >= 0.6 is 0 Å². The predicted molar refractivity (Wildman–Crippen MR) is 63.2 cm³/mol. The van der Waals surface area contributed by atoms with Crippen LogP contribution < -0.4 is 5.32 Å². The monoisotopic (exact) mass is 221 g/mol. The van der Waals surface area contributed by atoms with Crippen LogP contribution in [0.2, 0.25) is 0 Å². The van der Waals surface area contributed by atoms with Crippen molar-refractivity contribution in [1.29, 1.82) is 0 Å². The van der Waals surface area contributed by atoms with Gasteiger partial charge < -0.3 is 9.87 Å². The summed E-state index contributed by atoms with van der Waals surface area (Å²) in [5.74, 6) is 0.0539. The lowest BCUT2D eigenvalue weighted by molar-refractivity contribution is 0.566. The number of rotatable bonds is 3. The van der Waals surface area contributed by atoms with Gasteiger partial charge in [0.05, 0.1) is 0 Å². The zero-order valence-electron chi connectivity index (χ0n) is 8.01. The summed E-state index contributed by atoms with van der Waals surface area (Å²) in [6.45, 7) is 0. The molecule has 0 radical (unpaired) electrons. The number of benzene rings is 2. The minimum atomic E-state index is -1.81. The molecule has 0 aromatic heterocycles. The minimum Gasteiger partial charge on any atom is -0.372 e. The predicted octanol–water partition coefficient (Wildman–Crippen LogP) is 2.43. The van der Waals surface area contributed by atoms with Crippen LogP contribution in [0.4, 0.5) is 5.69 Å². The molecule has 3 nitrogen and oxygen atoms in total. The molecular weight excluding hydrogens is 210 g/mol. The number of hydrogen-bond donors (Lipinski definition) is 2. The van der Waals surface area contributed by atoms with Gasteiger partial charge in [0, 0.05) is 5.69 Å². The first-order chi connectivity index (χ1) is 7.25. The average Bonchev–Trinajstić information content (AvgIpc) is 2.26. The summed E-state index contributed by atoms with van der Waals surface area (Å²) in [5.41, 5.74) is 0.858. The van der Waals surface area contributed by atoms with E-state index < -0.39 is 11.1 Å². The van der Waals surface area contributed by atoms with E-state index in [-0.39, 0.29) is 5.88 Å². The number of fused-ring (bicyclic) bond motifs is 1. The molecule has 2 aromatic carbocycles. The highest BCUT2D eigenvalue weighted by Crippen LogP contribution is 2.18. The smallest absolute Gasteiger partial charge is 0.172 e. The van der Waals surface area contributed by atoms with Crippen LogP contribution in [-0.4, -0.2) is 14.6 Å². The largest absolute Gasteiger partial charge is 0.372 e. The highest BCUT2D eigenvalue weighted by Gasteiger charge is 1.96. The summed E-state index contributed by atoms with van der Waals surface area (Å²) in [6, 6.07) is 13.8. The lowest BCUT2D eigenvalue weighted by Gasteiger charge is -2.04. The standard InChI is InChI=1S/C11H11NO2S/c13-15(14)8-12-11-6-5-9-3-1-2-4-10(9)7-11/h1-7,12H,8H2,(H,13,14). The van der Waals surface area contributed by atoms with Gasteiger partial charge in [0.2, 0.25) is 0 Å². The Hall–Kier alpha value is -1.39. The van der Waals surface area contributed by atoms with Crippen LogP contribution in [0.3, 0.4) is 0 Å². The van der Waals surface area contributed by atoms with Crippen LogP contribution in [0.5, 0.6) is 0 Å². The summed E-state index contributed by atoms with van der Waals surface area (Å²) in [7, 11) is 0. The molecular formula is C11H11NO2S. The van der Waals surface area contributed by atoms with Gasteiger partial charge in [-0.25, -0.2) is 4.21 Å². The van der Waals surface area contributed by atoms with Gasteiger partial charge in [-0.1, -0.05) is 30.3 Å². The highest BCUT2D eigenvalue weighted by atomic mass is 32.2. The maximum absolute atomic E-state index is 10.5. The Morgan fingerprint density at radius 2 is 1.87 bits per heavy atom. The third-order valence-electron chi connectivity index (χ3n) is 2.15. The van der Waals surface area contributed by atoms with E-state index in [9.17, 15) is 4.21 Å². The van der Waals surface area contributed by atoms with Gasteiger partial charge in [-0.2, -0.15) is 0 Å². The zero-order valence-corrected chi connectivity index (χ0v) is 8.83. The second-order valence-electron chi connectivity index (χ2n) is 3.20. The first-order valence-electron chi connectivity index (χ1n) is 4.56. The molecule has 2 aromatic rings. The van der Waals surface area contributed by atoms with E-state index in [0.29, 0.717) is 0 Å². The van der Waals surface area contributed by atoms with E-state index in [1.54, 1.807) is 0 Å². The van der Waals surface area contributed by atoms with Gasteiger partial charge in [-0.05, 0) is 22.9 Å². The van der Waals surface area contributed by atoms with E-state index in [2.05, 4.69) is 5.32 Å². The minimum absolute atomic E-state index is 0.0539. The molecule has 2 rings (SSSR count). The van der Waals surface area contributed by atoms with Gasteiger partial charge >= 0.3 is 0 Å². The van der Waals surface area contributed by atoms with Crippen molar-refractivity contribution >= 4 is 27.5 Å². The van der Waals surface area contributed by atoms with Crippen molar-refractivity contribution in [3.05, 3.63) is 42.5 Å². The first-order valence-corrected chi connectivity index (χ1v) is 5.83. The van der Waals surface area contributed by atoms with E-state index in [4.69, 9.17) is 4.55 Å². The summed E-state index contributed by atoms with van der Waals surface area (Å²) < 4.78 is 19.1. The molecule has 0 amide bonds. The van der Waals surface area contributed by atoms with Gasteiger partial charge in [-0.3, -0.25) is 0 Å². The quantitative estimate of drug-likeness (QED) is 0.783. The molecule has 0 aliphatic carbocycles. The SMILES string of the molecule is O=S(O)CNc1ccc2ccccc2c1. The zero-order chi connectivity index (χ0) is 10.7. The summed E-state index contributed by atoms with van der Waals surface area (Å²) in [4.78, 5) is 0. The Morgan fingerprint density at radius 1 is 1.13 bits per heavy atom. The van der Waals surface area contributed by atoms with Crippen molar-refractivity contribution < 1.29 is 8.76 Å². The van der Waals surface area contributed by atoms with Crippen LogP contribution in [0.25, 0.3) is 10.8 Å². The fourth-order valence-corrected chi connectivity index (χ4v) is 1.73. The fourth-order valence-electron chi connectivity index (χ4n) is 1.44. The molecule has 4 heteroatoms. The maximum atomic E-state index is 10.5. The van der Waals surface area contributed by atoms with E-state index in [0.717, 1.165) is 16.5 Å². The van der Waals surface area contributed by atoms with Crippen LogP contribution in [-0.2, 0) is 11.1 Å². The molecule has 1 atom stereocenters. The molecule has 0 bridgehead atoms. The molecule has 0 aliphatic rings. The van der Waals surface area contributed by atoms with Crippen LogP contribution in [0, 0.1) is 0 Å². The van der Waals surface area contributed by atoms with Crippen molar-refractivity contribution in [3.63, 3.8) is 0 Å². The van der Waals surface area contributed by atoms with Crippen molar-refractivity contribution in [2.45, 2.75) is 0 Å². The van der Waals surface area contributed by atoms with Gasteiger partial charge in [0.25, 0.3) is 0 Å². The van der Waals surface area contributed by atoms with Crippen LogP contribution in [0.1, 0.15) is 0 Å². The lowest BCUT2D eigenvalue weighted by atomic mass is 10.1. The lowest BCUT2D eigenvalue weighted by Crippen LogP contribution is -2.06. The fraction of sp³-hybridized carbons (Fsp3) is 0.0909. The Bertz CT molecular complexity index is 499. The van der Waals surface area contributed by atoms with E-state index in [1.165, 1.54) is 0 Å². The third kappa shape index (κ3) is 2.55. The van der Waals surface area contributed by atoms with Crippen molar-refractivity contribution in [3.8, 4) is 0 Å². The molecule has 0 saturated carbocycles. The molecule has 0 spiro atoms. The summed E-state index contributed by atoms with van der Waals surface area (Å²) >= 11 is -1.81. The molecule has 0 aliphatic heterocycles. The van der Waals surface area contributed by atoms with Crippen molar-refractivity contribution in [2.24, 2.45) is 0 Å². The molecule has 0 fully saturated rings. The summed E-state index contributed by atoms with van der Waals surface area (Å²) in [6.07, 6.45) is 0. The van der Waals surface area contributed by atoms with Gasteiger partial charge in [0.15, 0.2) is 11.1 Å². The maximum Gasteiger partial charge on any atom is 0.172 e. The number of hydrogen-bond acceptors (Lipinski definition) is 2. The second-order valence-corrected chi connectivity index (χ2v) is 4.14. The molecule has 78 valence electrons. The topological polar surface area (TPSA) is 49.3 Å². The molecule has 0 heterocycles. The van der Waals surface area contributed by atoms with Crippen LogP contribution in [0.15, 0.2) is 42.5 Å². The Balaban J connectivity index is 2.26. The van der Waals surface area contributed by atoms with Crippen molar-refractivity contribution in [2.75, 3.05) is 11.2 Å². The van der Waals surface area contributed by atoms with E-state index in [1.807, 2.05) is 42.5 Å². The average molecular weight is 221 g/mol. The van der Waals surface area contributed by atoms with Crippen molar-refractivity contribution in [1.82, 2.24) is 0 Å². The number of anilines is 1. The molecule has 1 unspecified atom stereocenters. The second kappa shape index (κ2) is 4.42. The molecule has 15 heavy (non-hydrogen) atoms. The molecule has 0 saturated heterocycles. The Morgan fingerprint density at radius 3 is 2.60 bits per heavy atom. The Labute approximate surface area is 90.4 Å². The normalized spacial score (nSPS) is 12.6. The highest BCUT2D eigenvalue weighted by molar-refractivity contribution is 7.79. The summed E-state index contributed by atoms with van der Waals surface area (Å²) in [5, 5.41) is 5.16. The van der Waals surface area contributed by atoms with Gasteiger partial charge in [0.1, 0.15) is 5.88 Å². The van der Waals surface area contributed by atoms with E-state index >= 15 is 0 Å². The van der Waals surface area contributed by atoms with Gasteiger partial charge in [-0.15, -0.1) is 0 Å².